The summed E-state index contributed by atoms with van der Waals surface area (Å²) < 4.78 is 0. The van der Waals surface area contributed by atoms with Gasteiger partial charge in [-0.25, -0.2) is 0 Å². The number of hydrogen-bond acceptors (Lipinski definition) is 2. The van der Waals surface area contributed by atoms with Gasteiger partial charge in [-0.2, -0.15) is 0 Å². The summed E-state index contributed by atoms with van der Waals surface area (Å²) >= 11 is 0. The smallest absolute Gasteiger partial charge is 0.0412 e. The molecule has 1 aliphatic heterocycles. The third-order valence-electron chi connectivity index (χ3n) is 4.86. The zero-order valence-corrected chi connectivity index (χ0v) is 12.1. The number of benzene rings is 1. The molecule has 1 spiro atoms. The van der Waals surface area contributed by atoms with Gasteiger partial charge >= 0.3 is 0 Å². The van der Waals surface area contributed by atoms with Crippen LogP contribution in [0, 0.1) is 5.41 Å². The van der Waals surface area contributed by atoms with Crippen molar-refractivity contribution < 1.29 is 0 Å². The fourth-order valence-electron chi connectivity index (χ4n) is 3.78. The first-order valence-corrected chi connectivity index (χ1v) is 7.87. The summed E-state index contributed by atoms with van der Waals surface area (Å²) in [6.45, 7) is 6.78. The molecule has 1 aromatic rings. The van der Waals surface area contributed by atoms with Crippen molar-refractivity contribution in [2.75, 3.05) is 24.5 Å². The summed E-state index contributed by atoms with van der Waals surface area (Å²) in [7, 11) is 0. The summed E-state index contributed by atoms with van der Waals surface area (Å²) in [5.74, 6) is 0. The van der Waals surface area contributed by atoms with Crippen molar-refractivity contribution in [3.05, 3.63) is 29.8 Å². The van der Waals surface area contributed by atoms with Crippen LogP contribution in [0.1, 0.15) is 44.6 Å². The minimum Gasteiger partial charge on any atom is -0.370 e. The van der Waals surface area contributed by atoms with E-state index < -0.39 is 0 Å². The molecule has 1 saturated carbocycles. The Kier molecular flexibility index (Phi) is 3.79. The third-order valence-corrected chi connectivity index (χ3v) is 4.86. The van der Waals surface area contributed by atoms with E-state index >= 15 is 0 Å². The monoisotopic (exact) mass is 258 g/mol. The molecule has 0 unspecified atom stereocenters. The molecule has 2 heteroatoms. The lowest BCUT2D eigenvalue weighted by Crippen LogP contribution is -2.57. The lowest BCUT2D eigenvalue weighted by Gasteiger charge is -2.54. The van der Waals surface area contributed by atoms with Crippen LogP contribution in [0.15, 0.2) is 24.3 Å². The number of rotatable bonds is 4. The highest BCUT2D eigenvalue weighted by Gasteiger charge is 2.43. The maximum Gasteiger partial charge on any atom is 0.0412 e. The SMILES string of the molecule is CCNCc1ccccc1N1CC2(CCCCC2)C1. The number of nitrogens with one attached hydrogen (secondary N) is 1. The molecule has 1 aromatic carbocycles. The zero-order valence-electron chi connectivity index (χ0n) is 12.1. The molecule has 0 bridgehead atoms. The molecular weight excluding hydrogens is 232 g/mol. The third kappa shape index (κ3) is 2.64. The number of nitrogens with zero attached hydrogens (tertiary/aromatic N) is 1. The van der Waals surface area contributed by atoms with Crippen LogP contribution >= 0.6 is 0 Å². The molecule has 0 radical (unpaired) electrons. The van der Waals surface area contributed by atoms with Gasteiger partial charge in [-0.3, -0.25) is 0 Å². The fourth-order valence-corrected chi connectivity index (χ4v) is 3.78. The Labute approximate surface area is 117 Å². The van der Waals surface area contributed by atoms with Crippen LogP contribution in [0.2, 0.25) is 0 Å². The van der Waals surface area contributed by atoms with Crippen LogP contribution < -0.4 is 10.2 Å². The average molecular weight is 258 g/mol. The molecule has 0 aromatic heterocycles. The maximum absolute atomic E-state index is 3.45. The minimum atomic E-state index is 0.670. The lowest BCUT2D eigenvalue weighted by molar-refractivity contribution is 0.139. The van der Waals surface area contributed by atoms with Gasteiger partial charge in [0, 0.05) is 30.7 Å². The first-order valence-electron chi connectivity index (χ1n) is 7.87. The topological polar surface area (TPSA) is 15.3 Å². The van der Waals surface area contributed by atoms with E-state index in [9.17, 15) is 0 Å². The second-order valence-corrected chi connectivity index (χ2v) is 6.33. The Bertz CT molecular complexity index is 413. The predicted molar refractivity (Wildman–Crippen MR) is 81.6 cm³/mol. The Balaban J connectivity index is 1.67. The number of hydrogen-bond donors (Lipinski definition) is 1. The molecule has 0 amide bonds. The molecule has 1 heterocycles. The van der Waals surface area contributed by atoms with Crippen molar-refractivity contribution in [2.24, 2.45) is 5.41 Å². The molecular formula is C17H26N2. The normalized spacial score (nSPS) is 21.4. The number of para-hydroxylation sites is 1. The molecule has 1 aliphatic carbocycles. The van der Waals surface area contributed by atoms with E-state index in [0.717, 1.165) is 13.1 Å². The molecule has 2 aliphatic rings. The largest absolute Gasteiger partial charge is 0.370 e. The van der Waals surface area contributed by atoms with Crippen LogP contribution in [-0.4, -0.2) is 19.6 Å². The molecule has 2 nitrogen and oxygen atoms in total. The van der Waals surface area contributed by atoms with E-state index in [2.05, 4.69) is 41.4 Å². The van der Waals surface area contributed by atoms with Crippen molar-refractivity contribution in [3.8, 4) is 0 Å². The van der Waals surface area contributed by atoms with E-state index in [1.165, 1.54) is 56.4 Å². The Morgan fingerprint density at radius 2 is 1.84 bits per heavy atom. The van der Waals surface area contributed by atoms with Gasteiger partial charge in [-0.05, 0) is 31.0 Å². The maximum atomic E-state index is 3.45. The summed E-state index contributed by atoms with van der Waals surface area (Å²) in [4.78, 5) is 2.60. The molecule has 0 atom stereocenters. The lowest BCUT2D eigenvalue weighted by atomic mass is 9.68. The van der Waals surface area contributed by atoms with E-state index in [4.69, 9.17) is 0 Å². The molecule has 3 rings (SSSR count). The summed E-state index contributed by atoms with van der Waals surface area (Å²) in [6.07, 6.45) is 7.27. The molecule has 1 N–H and O–H groups in total. The van der Waals surface area contributed by atoms with Crippen LogP contribution in [-0.2, 0) is 6.54 Å². The van der Waals surface area contributed by atoms with Crippen molar-refractivity contribution >= 4 is 5.69 Å². The minimum absolute atomic E-state index is 0.670. The van der Waals surface area contributed by atoms with Gasteiger partial charge in [0.25, 0.3) is 0 Å². The first-order chi connectivity index (χ1) is 9.33. The quantitative estimate of drug-likeness (QED) is 0.888. The van der Waals surface area contributed by atoms with Gasteiger partial charge in [0.15, 0.2) is 0 Å². The van der Waals surface area contributed by atoms with Crippen molar-refractivity contribution in [1.29, 1.82) is 0 Å². The average Bonchev–Trinajstić information content (AvgIpc) is 2.44. The van der Waals surface area contributed by atoms with Crippen LogP contribution in [0.25, 0.3) is 0 Å². The second-order valence-electron chi connectivity index (χ2n) is 6.33. The van der Waals surface area contributed by atoms with Gasteiger partial charge < -0.3 is 10.2 Å². The molecule has 1 saturated heterocycles. The van der Waals surface area contributed by atoms with Crippen LogP contribution in [0.5, 0.6) is 0 Å². The van der Waals surface area contributed by atoms with Gasteiger partial charge in [0.05, 0.1) is 0 Å². The van der Waals surface area contributed by atoms with Crippen LogP contribution in [0.3, 0.4) is 0 Å². The van der Waals surface area contributed by atoms with Crippen molar-refractivity contribution in [2.45, 2.75) is 45.6 Å². The van der Waals surface area contributed by atoms with E-state index in [0.29, 0.717) is 5.41 Å². The summed E-state index contributed by atoms with van der Waals surface area (Å²) in [5.41, 5.74) is 3.58. The summed E-state index contributed by atoms with van der Waals surface area (Å²) in [6, 6.07) is 8.90. The highest BCUT2D eigenvalue weighted by atomic mass is 15.2. The van der Waals surface area contributed by atoms with Gasteiger partial charge in [0.2, 0.25) is 0 Å². The first kappa shape index (κ1) is 13.0. The van der Waals surface area contributed by atoms with Crippen molar-refractivity contribution in [1.82, 2.24) is 5.32 Å². The number of anilines is 1. The second kappa shape index (κ2) is 5.54. The Hall–Kier alpha value is -1.02. The zero-order chi connectivity index (χ0) is 13.1. The Morgan fingerprint density at radius 1 is 1.11 bits per heavy atom. The Morgan fingerprint density at radius 3 is 2.58 bits per heavy atom. The molecule has 2 fully saturated rings. The predicted octanol–water partition coefficient (Wildman–Crippen LogP) is 3.57. The van der Waals surface area contributed by atoms with Crippen molar-refractivity contribution in [3.63, 3.8) is 0 Å². The van der Waals surface area contributed by atoms with Gasteiger partial charge in [-0.15, -0.1) is 0 Å². The highest BCUT2D eigenvalue weighted by molar-refractivity contribution is 5.56. The standard InChI is InChI=1S/C17H26N2/c1-2-18-12-15-8-4-5-9-16(15)19-13-17(14-19)10-6-3-7-11-17/h4-5,8-9,18H,2-3,6-7,10-14H2,1H3. The van der Waals surface area contributed by atoms with E-state index in [-0.39, 0.29) is 0 Å². The summed E-state index contributed by atoms with van der Waals surface area (Å²) in [5, 5.41) is 3.45. The molecule has 104 valence electrons. The van der Waals surface area contributed by atoms with Crippen LogP contribution in [0.4, 0.5) is 5.69 Å². The van der Waals surface area contributed by atoms with Gasteiger partial charge in [-0.1, -0.05) is 44.4 Å². The fraction of sp³-hybridized carbons (Fsp3) is 0.647. The molecule has 19 heavy (non-hydrogen) atoms. The highest BCUT2D eigenvalue weighted by Crippen LogP contribution is 2.45. The van der Waals surface area contributed by atoms with E-state index in [1.54, 1.807) is 0 Å². The van der Waals surface area contributed by atoms with Gasteiger partial charge in [0.1, 0.15) is 0 Å². The van der Waals surface area contributed by atoms with E-state index in [1.807, 2.05) is 0 Å².